The summed E-state index contributed by atoms with van der Waals surface area (Å²) in [6.45, 7) is 0. The van der Waals surface area contributed by atoms with Gasteiger partial charge in [-0.05, 0) is 0 Å². The summed E-state index contributed by atoms with van der Waals surface area (Å²) >= 11 is 0. The van der Waals surface area contributed by atoms with Crippen LogP contribution >= 0.6 is 0 Å². The Morgan fingerprint density at radius 1 is 1.50 bits per heavy atom. The molecule has 0 aliphatic carbocycles. The van der Waals surface area contributed by atoms with E-state index in [9.17, 15) is 4.79 Å². The molecule has 2 aromatic heterocycles. The molecule has 0 unspecified atom stereocenters. The quantitative estimate of drug-likeness (QED) is 0.449. The molecule has 5 nitrogen and oxygen atoms in total. The van der Waals surface area contributed by atoms with Crippen molar-refractivity contribution in [3.05, 3.63) is 28.8 Å². The summed E-state index contributed by atoms with van der Waals surface area (Å²) in [6, 6.07) is 3.10. The summed E-state index contributed by atoms with van der Waals surface area (Å²) in [4.78, 5) is 10.7. The number of H-pyrrole nitrogens is 2. The van der Waals surface area contributed by atoms with Gasteiger partial charge in [0.1, 0.15) is 0 Å². The number of rotatable bonds is 0. The largest absolute Gasteiger partial charge is 0.287 e. The minimum absolute atomic E-state index is 0.140. The predicted octanol–water partition coefficient (Wildman–Crippen LogP) is -1.16. The van der Waals surface area contributed by atoms with Gasteiger partial charge in [-0.15, -0.1) is 9.61 Å². The van der Waals surface area contributed by atoms with E-state index in [1.54, 1.807) is 6.07 Å². The average molecular weight is 137 g/mol. The standard InChI is InChI=1S/C5H4N4O/c10-5-2-1-4-7-6-3-9(4)8-5/h1-3H,(H,8,10)/p+1. The van der Waals surface area contributed by atoms with Gasteiger partial charge in [-0.2, -0.15) is 0 Å². The maximum Gasteiger partial charge on any atom is 0.287 e. The summed E-state index contributed by atoms with van der Waals surface area (Å²) in [5, 5.41) is 8.94. The van der Waals surface area contributed by atoms with Gasteiger partial charge < -0.3 is 0 Å². The third kappa shape index (κ3) is 0.604. The number of hydrogen-bond acceptors (Lipinski definition) is 2. The maximum absolute atomic E-state index is 10.7. The van der Waals surface area contributed by atoms with E-state index in [4.69, 9.17) is 0 Å². The molecule has 0 saturated heterocycles. The molecular weight excluding hydrogens is 132 g/mol. The van der Waals surface area contributed by atoms with Crippen molar-refractivity contribution < 1.29 is 4.52 Å². The summed E-state index contributed by atoms with van der Waals surface area (Å²) in [6.07, 6.45) is 1.50. The molecule has 10 heavy (non-hydrogen) atoms. The van der Waals surface area contributed by atoms with E-state index in [-0.39, 0.29) is 5.56 Å². The molecule has 0 bridgehead atoms. The van der Waals surface area contributed by atoms with Crippen LogP contribution in [0.5, 0.6) is 0 Å². The second-order valence-corrected chi connectivity index (χ2v) is 1.92. The van der Waals surface area contributed by atoms with Crippen molar-refractivity contribution in [3.8, 4) is 0 Å². The Morgan fingerprint density at radius 3 is 3.30 bits per heavy atom. The van der Waals surface area contributed by atoms with Crippen LogP contribution in [0.2, 0.25) is 0 Å². The summed E-state index contributed by atoms with van der Waals surface area (Å²) in [7, 11) is 0. The highest BCUT2D eigenvalue weighted by Crippen LogP contribution is 1.78. The van der Waals surface area contributed by atoms with E-state index in [2.05, 4.69) is 15.3 Å². The van der Waals surface area contributed by atoms with Gasteiger partial charge in [-0.3, -0.25) is 4.79 Å². The first kappa shape index (κ1) is 5.16. The smallest absolute Gasteiger partial charge is 0.267 e. The molecule has 2 rings (SSSR count). The van der Waals surface area contributed by atoms with Crippen LogP contribution in [0.4, 0.5) is 0 Å². The molecule has 0 aliphatic rings. The van der Waals surface area contributed by atoms with Crippen molar-refractivity contribution in [1.82, 2.24) is 15.3 Å². The summed E-state index contributed by atoms with van der Waals surface area (Å²) in [5.41, 5.74) is 0.624. The van der Waals surface area contributed by atoms with Crippen LogP contribution < -0.4 is 10.1 Å². The SMILES string of the molecule is O=c1ccc2[nH]nc[n+]2[nH]1. The lowest BCUT2D eigenvalue weighted by molar-refractivity contribution is -0.582. The van der Waals surface area contributed by atoms with Crippen LogP contribution in [0.25, 0.3) is 5.65 Å². The lowest BCUT2D eigenvalue weighted by Crippen LogP contribution is -2.30. The Labute approximate surface area is 55.3 Å². The van der Waals surface area contributed by atoms with E-state index in [1.165, 1.54) is 16.9 Å². The highest BCUT2D eigenvalue weighted by molar-refractivity contribution is 5.23. The van der Waals surface area contributed by atoms with Gasteiger partial charge in [0.25, 0.3) is 17.5 Å². The second-order valence-electron chi connectivity index (χ2n) is 1.92. The lowest BCUT2D eigenvalue weighted by Gasteiger charge is -1.79. The van der Waals surface area contributed by atoms with Crippen LogP contribution in [0, 0.1) is 0 Å². The summed E-state index contributed by atoms with van der Waals surface area (Å²) in [5.74, 6) is 0. The molecule has 5 heteroatoms. The Kier molecular flexibility index (Phi) is 0.858. The lowest BCUT2D eigenvalue weighted by atomic mass is 10.6. The normalized spacial score (nSPS) is 10.4. The van der Waals surface area contributed by atoms with Crippen molar-refractivity contribution in [1.29, 1.82) is 0 Å². The molecule has 0 radical (unpaired) electrons. The van der Waals surface area contributed by atoms with E-state index < -0.39 is 0 Å². The van der Waals surface area contributed by atoms with Crippen LogP contribution in [-0.4, -0.2) is 15.3 Å². The third-order valence-electron chi connectivity index (χ3n) is 1.24. The van der Waals surface area contributed by atoms with Crippen molar-refractivity contribution in [3.63, 3.8) is 0 Å². The maximum atomic E-state index is 10.7. The molecule has 2 N–H and O–H groups in total. The Balaban J connectivity index is 2.99. The molecular formula is C5H5N4O+. The first-order chi connectivity index (χ1) is 4.86. The zero-order chi connectivity index (χ0) is 6.97. The fourth-order valence-electron chi connectivity index (χ4n) is 0.786. The van der Waals surface area contributed by atoms with Crippen LogP contribution in [0.15, 0.2) is 23.3 Å². The number of nitrogens with zero attached hydrogens (tertiary/aromatic N) is 2. The fraction of sp³-hybridized carbons (Fsp3) is 0. The molecule has 0 aliphatic heterocycles. The molecule has 2 aromatic rings. The highest BCUT2D eigenvalue weighted by atomic mass is 16.1. The molecule has 0 amide bonds. The molecule has 2 heterocycles. The average Bonchev–Trinajstić information content (AvgIpc) is 2.33. The molecule has 0 atom stereocenters. The highest BCUT2D eigenvalue weighted by Gasteiger charge is 1.98. The zero-order valence-corrected chi connectivity index (χ0v) is 5.03. The van der Waals surface area contributed by atoms with Crippen molar-refractivity contribution in [2.24, 2.45) is 0 Å². The van der Waals surface area contributed by atoms with E-state index in [0.717, 1.165) is 5.65 Å². The minimum Gasteiger partial charge on any atom is -0.267 e. The Morgan fingerprint density at radius 2 is 2.40 bits per heavy atom. The number of nitrogens with one attached hydrogen (secondary N) is 2. The number of aromatic nitrogens is 4. The van der Waals surface area contributed by atoms with Gasteiger partial charge >= 0.3 is 0 Å². The van der Waals surface area contributed by atoms with Gasteiger partial charge in [0.05, 0.1) is 0 Å². The molecule has 0 saturated carbocycles. The molecule has 0 aromatic carbocycles. The Hall–Kier alpha value is -1.65. The fourth-order valence-corrected chi connectivity index (χ4v) is 0.786. The van der Waals surface area contributed by atoms with Crippen LogP contribution in [-0.2, 0) is 0 Å². The predicted molar refractivity (Wildman–Crippen MR) is 32.4 cm³/mol. The number of hydrogen-bond donors (Lipinski definition) is 2. The van der Waals surface area contributed by atoms with E-state index in [1.807, 2.05) is 0 Å². The zero-order valence-electron chi connectivity index (χ0n) is 5.03. The van der Waals surface area contributed by atoms with Gasteiger partial charge in [0, 0.05) is 17.2 Å². The van der Waals surface area contributed by atoms with Crippen LogP contribution in [0.3, 0.4) is 0 Å². The molecule has 50 valence electrons. The van der Waals surface area contributed by atoms with E-state index >= 15 is 0 Å². The molecule has 0 spiro atoms. The minimum atomic E-state index is -0.140. The van der Waals surface area contributed by atoms with Crippen molar-refractivity contribution in [2.45, 2.75) is 0 Å². The Bertz CT molecular complexity index is 401. The van der Waals surface area contributed by atoms with Crippen molar-refractivity contribution in [2.75, 3.05) is 0 Å². The van der Waals surface area contributed by atoms with Gasteiger partial charge in [-0.25, -0.2) is 5.10 Å². The first-order valence-electron chi connectivity index (χ1n) is 2.80. The first-order valence-corrected chi connectivity index (χ1v) is 2.80. The summed E-state index contributed by atoms with van der Waals surface area (Å²) < 4.78 is 1.52. The molecule has 0 fully saturated rings. The van der Waals surface area contributed by atoms with Gasteiger partial charge in [-0.1, -0.05) is 0 Å². The van der Waals surface area contributed by atoms with Gasteiger partial charge in [0.15, 0.2) is 0 Å². The number of fused-ring (bicyclic) bond motifs is 1. The number of aromatic amines is 2. The third-order valence-corrected chi connectivity index (χ3v) is 1.24. The van der Waals surface area contributed by atoms with Gasteiger partial charge in [0.2, 0.25) is 0 Å². The monoisotopic (exact) mass is 137 g/mol. The second kappa shape index (κ2) is 1.66. The van der Waals surface area contributed by atoms with Crippen molar-refractivity contribution >= 4 is 5.65 Å². The topological polar surface area (TPSA) is 65.6 Å². The van der Waals surface area contributed by atoms with Crippen LogP contribution in [0.1, 0.15) is 0 Å². The van der Waals surface area contributed by atoms with E-state index in [0.29, 0.717) is 0 Å².